The predicted molar refractivity (Wildman–Crippen MR) is 126 cm³/mol. The third-order valence-electron chi connectivity index (χ3n) is 4.61. The van der Waals surface area contributed by atoms with Gasteiger partial charge in [-0.25, -0.2) is 13.1 Å². The first-order chi connectivity index (χ1) is 15.7. The summed E-state index contributed by atoms with van der Waals surface area (Å²) >= 11 is 1.27. The number of hydrogen-bond acceptors (Lipinski definition) is 8. The molecule has 0 fully saturated rings. The van der Waals surface area contributed by atoms with Crippen LogP contribution in [0.15, 0.2) is 54.6 Å². The van der Waals surface area contributed by atoms with E-state index >= 15 is 0 Å². The fourth-order valence-corrected chi connectivity index (χ4v) is 4.39. The summed E-state index contributed by atoms with van der Waals surface area (Å²) in [7, 11) is -1.72. The van der Waals surface area contributed by atoms with E-state index in [0.717, 1.165) is 11.1 Å². The van der Waals surface area contributed by atoms with Crippen molar-refractivity contribution in [2.24, 2.45) is 0 Å². The Labute approximate surface area is 195 Å². The zero-order valence-corrected chi connectivity index (χ0v) is 19.6. The van der Waals surface area contributed by atoms with Gasteiger partial charge in [0.1, 0.15) is 11.5 Å². The maximum Gasteiger partial charge on any atom is 0.270 e. The topological polar surface area (TPSA) is 125 Å². The molecule has 0 unspecified atom stereocenters. The molecule has 3 aromatic rings. The van der Waals surface area contributed by atoms with Crippen LogP contribution in [0.4, 0.5) is 5.69 Å². The molecule has 0 radical (unpaired) electrons. The van der Waals surface area contributed by atoms with Crippen LogP contribution in [0, 0.1) is 10.1 Å². The maximum atomic E-state index is 12.6. The van der Waals surface area contributed by atoms with Crippen molar-refractivity contribution in [3.8, 4) is 22.6 Å². The van der Waals surface area contributed by atoms with E-state index in [9.17, 15) is 23.3 Å². The van der Waals surface area contributed by atoms with Crippen LogP contribution in [0.5, 0.6) is 11.5 Å². The zero-order valence-electron chi connectivity index (χ0n) is 17.9. The first-order valence-corrected chi connectivity index (χ1v) is 12.5. The van der Waals surface area contributed by atoms with Gasteiger partial charge in [-0.1, -0.05) is 12.1 Å². The number of rotatable bonds is 11. The Morgan fingerprint density at radius 3 is 2.48 bits per heavy atom. The van der Waals surface area contributed by atoms with Crippen LogP contribution < -0.4 is 14.2 Å². The highest BCUT2D eigenvalue weighted by molar-refractivity contribution is 7.88. The number of hydrogen-bond donors (Lipinski definition) is 1. The van der Waals surface area contributed by atoms with Crippen LogP contribution in [0.3, 0.4) is 0 Å². The smallest absolute Gasteiger partial charge is 0.270 e. The SMILES string of the molecule is COc1ccc(-c2cc([N+](=O)[O-])ccc2OCC(=O)c2ccc(CCNS(C)(=O)=O)s2)cc1. The molecule has 0 saturated heterocycles. The molecule has 0 aliphatic rings. The van der Waals surface area contributed by atoms with E-state index in [1.54, 1.807) is 43.5 Å². The van der Waals surface area contributed by atoms with E-state index in [2.05, 4.69) is 4.72 Å². The molecule has 174 valence electrons. The second-order valence-corrected chi connectivity index (χ2v) is 10.1. The van der Waals surface area contributed by atoms with Crippen LogP contribution >= 0.6 is 11.3 Å². The van der Waals surface area contributed by atoms with Gasteiger partial charge in [-0.2, -0.15) is 0 Å². The minimum atomic E-state index is -3.26. The average molecular weight is 491 g/mol. The molecule has 0 aliphatic carbocycles. The van der Waals surface area contributed by atoms with E-state index < -0.39 is 14.9 Å². The number of nitrogens with zero attached hydrogens (tertiary/aromatic N) is 1. The lowest BCUT2D eigenvalue weighted by molar-refractivity contribution is -0.384. The molecule has 9 nitrogen and oxygen atoms in total. The molecule has 0 spiro atoms. The number of nitrogens with one attached hydrogen (secondary N) is 1. The van der Waals surface area contributed by atoms with Crippen molar-refractivity contribution < 1.29 is 27.6 Å². The second-order valence-electron chi connectivity index (χ2n) is 7.06. The van der Waals surface area contributed by atoms with Gasteiger partial charge in [0.25, 0.3) is 5.69 Å². The van der Waals surface area contributed by atoms with Crippen LogP contribution in [0.25, 0.3) is 11.1 Å². The molecule has 3 rings (SSSR count). The number of ether oxygens (including phenoxy) is 2. The number of non-ortho nitro benzene ring substituents is 1. The molecule has 1 aromatic heterocycles. The van der Waals surface area contributed by atoms with Crippen molar-refractivity contribution in [1.82, 2.24) is 4.72 Å². The normalized spacial score (nSPS) is 11.2. The quantitative estimate of drug-likeness (QED) is 0.247. The summed E-state index contributed by atoms with van der Waals surface area (Å²) in [6.45, 7) is 0.00000154. The van der Waals surface area contributed by atoms with E-state index in [0.29, 0.717) is 33.9 Å². The number of sulfonamides is 1. The number of benzene rings is 2. The number of thiophene rings is 1. The summed E-state index contributed by atoms with van der Waals surface area (Å²) in [6.07, 6.45) is 1.56. The number of carbonyl (C=O) groups excluding carboxylic acids is 1. The molecule has 0 atom stereocenters. The molecular weight excluding hydrogens is 468 g/mol. The van der Waals surface area contributed by atoms with E-state index in [1.165, 1.54) is 29.5 Å². The van der Waals surface area contributed by atoms with Gasteiger partial charge in [0.05, 0.1) is 23.2 Å². The van der Waals surface area contributed by atoms with Gasteiger partial charge < -0.3 is 9.47 Å². The summed E-state index contributed by atoms with van der Waals surface area (Å²) in [6, 6.07) is 14.6. The molecule has 0 bridgehead atoms. The molecule has 2 aromatic carbocycles. The molecule has 0 amide bonds. The summed E-state index contributed by atoms with van der Waals surface area (Å²) in [5.74, 6) is 0.733. The number of Topliss-reactive ketones (excluding diaryl/α,β-unsaturated/α-hetero) is 1. The highest BCUT2D eigenvalue weighted by Crippen LogP contribution is 2.34. The fourth-order valence-electron chi connectivity index (χ4n) is 2.99. The Bertz CT molecular complexity index is 1250. The van der Waals surface area contributed by atoms with Crippen molar-refractivity contribution in [3.05, 3.63) is 74.5 Å². The number of nitro groups is 1. The van der Waals surface area contributed by atoms with Crippen LogP contribution in [-0.4, -0.2) is 45.6 Å². The highest BCUT2D eigenvalue weighted by atomic mass is 32.2. The molecule has 1 heterocycles. The van der Waals surface area contributed by atoms with Gasteiger partial charge >= 0.3 is 0 Å². The van der Waals surface area contributed by atoms with Crippen molar-refractivity contribution in [1.29, 1.82) is 0 Å². The average Bonchev–Trinajstić information content (AvgIpc) is 3.25. The largest absolute Gasteiger partial charge is 0.497 e. The first-order valence-electron chi connectivity index (χ1n) is 9.78. The zero-order chi connectivity index (χ0) is 24.0. The Hall–Kier alpha value is -3.28. The minimum Gasteiger partial charge on any atom is -0.497 e. The minimum absolute atomic E-state index is 0.0925. The van der Waals surface area contributed by atoms with Gasteiger partial charge in [0.2, 0.25) is 15.8 Å². The van der Waals surface area contributed by atoms with E-state index in [1.807, 2.05) is 0 Å². The molecule has 33 heavy (non-hydrogen) atoms. The third kappa shape index (κ3) is 6.85. The predicted octanol–water partition coefficient (Wildman–Crippen LogP) is 3.69. The van der Waals surface area contributed by atoms with Gasteiger partial charge in [-0.15, -0.1) is 11.3 Å². The second kappa shape index (κ2) is 10.6. The Balaban J connectivity index is 1.72. The Kier molecular flexibility index (Phi) is 7.79. The Morgan fingerprint density at radius 1 is 1.12 bits per heavy atom. The monoisotopic (exact) mass is 490 g/mol. The van der Waals surface area contributed by atoms with Gasteiger partial charge in [-0.3, -0.25) is 14.9 Å². The third-order valence-corrected chi connectivity index (χ3v) is 6.52. The number of nitro benzene ring substituents is 1. The lowest BCUT2D eigenvalue weighted by Gasteiger charge is -2.11. The molecule has 1 N–H and O–H groups in total. The van der Waals surface area contributed by atoms with Crippen molar-refractivity contribution in [2.45, 2.75) is 6.42 Å². The van der Waals surface area contributed by atoms with E-state index in [4.69, 9.17) is 9.47 Å². The molecular formula is C22H22N2O7S2. The fraction of sp³-hybridized carbons (Fsp3) is 0.227. The highest BCUT2D eigenvalue weighted by Gasteiger charge is 2.16. The van der Waals surface area contributed by atoms with E-state index in [-0.39, 0.29) is 24.6 Å². The lowest BCUT2D eigenvalue weighted by atomic mass is 10.0. The number of carbonyl (C=O) groups is 1. The number of ketones is 1. The Morgan fingerprint density at radius 2 is 1.85 bits per heavy atom. The van der Waals surface area contributed by atoms with Gasteiger partial charge in [-0.05, 0) is 42.3 Å². The lowest BCUT2D eigenvalue weighted by Crippen LogP contribution is -2.24. The number of methoxy groups -OCH3 is 1. The van der Waals surface area contributed by atoms with Crippen LogP contribution in [0.2, 0.25) is 0 Å². The van der Waals surface area contributed by atoms with Crippen molar-refractivity contribution in [3.63, 3.8) is 0 Å². The standard InChI is InChI=1S/C22H22N2O7S2/c1-30-17-6-3-15(4-7-17)19-13-16(24(26)27)5-9-21(19)31-14-20(25)22-10-8-18(32-22)11-12-23-33(2,28)29/h3-10,13,23H,11-12,14H2,1-2H3. The molecule has 0 saturated carbocycles. The van der Waals surface area contributed by atoms with Crippen LogP contribution in [-0.2, 0) is 16.4 Å². The maximum absolute atomic E-state index is 12.6. The van der Waals surface area contributed by atoms with Crippen molar-refractivity contribution in [2.75, 3.05) is 26.5 Å². The summed E-state index contributed by atoms with van der Waals surface area (Å²) < 4.78 is 35.6. The molecule has 0 aliphatic heterocycles. The summed E-state index contributed by atoms with van der Waals surface area (Å²) in [5.41, 5.74) is 1.07. The summed E-state index contributed by atoms with van der Waals surface area (Å²) in [5, 5.41) is 11.2. The van der Waals surface area contributed by atoms with Gasteiger partial charge in [0, 0.05) is 29.1 Å². The molecule has 11 heteroatoms. The van der Waals surface area contributed by atoms with Gasteiger partial charge in [0.15, 0.2) is 6.61 Å². The van der Waals surface area contributed by atoms with Crippen molar-refractivity contribution >= 4 is 32.8 Å². The summed E-state index contributed by atoms with van der Waals surface area (Å²) in [4.78, 5) is 24.7. The van der Waals surface area contributed by atoms with Crippen LogP contribution in [0.1, 0.15) is 14.5 Å². The first kappa shape index (κ1) is 24.4.